The molecule has 1 unspecified atom stereocenters. The highest BCUT2D eigenvalue weighted by Crippen LogP contribution is 2.21. The third kappa shape index (κ3) is 20.6. The van der Waals surface area contributed by atoms with Crippen LogP contribution in [0.25, 0.3) is 0 Å². The molecule has 0 aromatic heterocycles. The number of carbonyl (C=O) groups is 2. The van der Waals surface area contributed by atoms with Gasteiger partial charge >= 0.3 is 11.9 Å². The van der Waals surface area contributed by atoms with E-state index in [0.717, 1.165) is 25.0 Å². The summed E-state index contributed by atoms with van der Waals surface area (Å²) in [6.07, 6.45) is 23.2. The van der Waals surface area contributed by atoms with Gasteiger partial charge in [0.25, 0.3) is 0 Å². The van der Waals surface area contributed by atoms with Crippen molar-refractivity contribution in [3.8, 4) is 0 Å². The van der Waals surface area contributed by atoms with E-state index in [4.69, 9.17) is 9.47 Å². The molecule has 32 heavy (non-hydrogen) atoms. The van der Waals surface area contributed by atoms with E-state index in [2.05, 4.69) is 6.92 Å². The standard InChI is InChI=1S/C28H52O4/c1-6-7-8-9-10-11-12-13-14-15-16-17-18-19-20-21-24-31-26(29)22-23-27(30)32-25(2)28(3,4)5/h22-23,25H,6-21,24H2,1-5H3/b23-22+. The van der Waals surface area contributed by atoms with Crippen molar-refractivity contribution in [3.63, 3.8) is 0 Å². The van der Waals surface area contributed by atoms with Crippen LogP contribution in [-0.2, 0) is 19.1 Å². The van der Waals surface area contributed by atoms with Crippen molar-refractivity contribution in [2.24, 2.45) is 5.41 Å². The highest BCUT2D eigenvalue weighted by Gasteiger charge is 2.22. The van der Waals surface area contributed by atoms with Crippen molar-refractivity contribution in [1.29, 1.82) is 0 Å². The van der Waals surface area contributed by atoms with Gasteiger partial charge in [0.05, 0.1) is 6.61 Å². The van der Waals surface area contributed by atoms with Crippen molar-refractivity contribution in [2.75, 3.05) is 6.61 Å². The van der Waals surface area contributed by atoms with E-state index >= 15 is 0 Å². The Morgan fingerprint density at radius 1 is 0.656 bits per heavy atom. The first-order valence-electron chi connectivity index (χ1n) is 13.3. The molecule has 0 bridgehead atoms. The van der Waals surface area contributed by atoms with Gasteiger partial charge in [-0.3, -0.25) is 0 Å². The molecule has 0 saturated heterocycles. The molecule has 0 aliphatic carbocycles. The van der Waals surface area contributed by atoms with Gasteiger partial charge in [-0.15, -0.1) is 0 Å². The first-order valence-corrected chi connectivity index (χ1v) is 13.3. The molecule has 0 aromatic carbocycles. The van der Waals surface area contributed by atoms with E-state index in [1.807, 2.05) is 27.7 Å². The smallest absolute Gasteiger partial charge is 0.331 e. The van der Waals surface area contributed by atoms with Gasteiger partial charge in [-0.1, -0.05) is 124 Å². The van der Waals surface area contributed by atoms with Crippen LogP contribution in [-0.4, -0.2) is 24.6 Å². The lowest BCUT2D eigenvalue weighted by atomic mass is 9.90. The van der Waals surface area contributed by atoms with Gasteiger partial charge in [0.2, 0.25) is 0 Å². The summed E-state index contributed by atoms with van der Waals surface area (Å²) in [6, 6.07) is 0. The normalized spacial score (nSPS) is 12.8. The second-order valence-corrected chi connectivity index (χ2v) is 10.2. The van der Waals surface area contributed by atoms with E-state index in [9.17, 15) is 9.59 Å². The Morgan fingerprint density at radius 3 is 1.44 bits per heavy atom. The van der Waals surface area contributed by atoms with Crippen molar-refractivity contribution in [2.45, 2.75) is 143 Å². The molecule has 0 heterocycles. The number of ether oxygens (including phenoxy) is 2. The van der Waals surface area contributed by atoms with Gasteiger partial charge in [0.15, 0.2) is 0 Å². The molecule has 188 valence electrons. The fraction of sp³-hybridized carbons (Fsp3) is 0.857. The van der Waals surface area contributed by atoms with Crippen LogP contribution in [0.4, 0.5) is 0 Å². The largest absolute Gasteiger partial charge is 0.463 e. The van der Waals surface area contributed by atoms with E-state index in [-0.39, 0.29) is 11.5 Å². The Kier molecular flexibility index (Phi) is 19.5. The molecule has 0 saturated carbocycles. The quantitative estimate of drug-likeness (QED) is 0.106. The summed E-state index contributed by atoms with van der Waals surface area (Å²) in [5, 5.41) is 0. The van der Waals surface area contributed by atoms with Crippen molar-refractivity contribution >= 4 is 11.9 Å². The predicted molar refractivity (Wildman–Crippen MR) is 135 cm³/mol. The Labute approximate surface area is 198 Å². The number of carbonyl (C=O) groups excluding carboxylic acids is 2. The van der Waals surface area contributed by atoms with Crippen LogP contribution in [0.2, 0.25) is 0 Å². The minimum atomic E-state index is -0.508. The monoisotopic (exact) mass is 452 g/mol. The zero-order valence-electron chi connectivity index (χ0n) is 21.9. The first-order chi connectivity index (χ1) is 15.3. The molecule has 0 N–H and O–H groups in total. The summed E-state index contributed by atoms with van der Waals surface area (Å²) in [5.41, 5.74) is -0.128. The molecule has 0 amide bonds. The first kappa shape index (κ1) is 30.7. The van der Waals surface area contributed by atoms with E-state index in [0.29, 0.717) is 6.61 Å². The maximum absolute atomic E-state index is 11.7. The minimum Gasteiger partial charge on any atom is -0.463 e. The maximum atomic E-state index is 11.7. The van der Waals surface area contributed by atoms with Gasteiger partial charge in [-0.05, 0) is 18.8 Å². The molecule has 0 rings (SSSR count). The Hall–Kier alpha value is -1.32. The van der Waals surface area contributed by atoms with E-state index in [1.165, 1.54) is 89.9 Å². The van der Waals surface area contributed by atoms with Gasteiger partial charge in [0, 0.05) is 12.2 Å². The Morgan fingerprint density at radius 2 is 1.03 bits per heavy atom. The summed E-state index contributed by atoms with van der Waals surface area (Å²) < 4.78 is 10.4. The number of hydrogen-bond acceptors (Lipinski definition) is 4. The van der Waals surface area contributed by atoms with Crippen molar-refractivity contribution < 1.29 is 19.1 Å². The zero-order valence-corrected chi connectivity index (χ0v) is 21.9. The van der Waals surface area contributed by atoms with Gasteiger partial charge in [0.1, 0.15) is 6.10 Å². The molecule has 1 atom stereocenters. The average Bonchev–Trinajstić information content (AvgIpc) is 2.73. The molecule has 0 aliphatic heterocycles. The molecule has 0 fully saturated rings. The fourth-order valence-corrected chi connectivity index (χ4v) is 3.40. The van der Waals surface area contributed by atoms with Crippen LogP contribution < -0.4 is 0 Å². The number of hydrogen-bond donors (Lipinski definition) is 0. The lowest BCUT2D eigenvalue weighted by Gasteiger charge is -2.26. The topological polar surface area (TPSA) is 52.6 Å². The summed E-state index contributed by atoms with van der Waals surface area (Å²) in [7, 11) is 0. The minimum absolute atomic E-state index is 0.128. The summed E-state index contributed by atoms with van der Waals surface area (Å²) >= 11 is 0. The Bertz CT molecular complexity index is 490. The number of unbranched alkanes of at least 4 members (excludes halogenated alkanes) is 15. The van der Waals surface area contributed by atoms with Crippen LogP contribution >= 0.6 is 0 Å². The SMILES string of the molecule is CCCCCCCCCCCCCCCCCCOC(=O)/C=C/C(=O)OC(C)C(C)(C)C. The fourth-order valence-electron chi connectivity index (χ4n) is 3.40. The zero-order chi connectivity index (χ0) is 24.1. The molecule has 0 radical (unpaired) electrons. The van der Waals surface area contributed by atoms with Crippen LogP contribution in [0.5, 0.6) is 0 Å². The lowest BCUT2D eigenvalue weighted by Crippen LogP contribution is -2.28. The van der Waals surface area contributed by atoms with Crippen molar-refractivity contribution in [3.05, 3.63) is 12.2 Å². The predicted octanol–water partition coefficient (Wildman–Crippen LogP) is 8.33. The molecule has 0 spiro atoms. The highest BCUT2D eigenvalue weighted by atomic mass is 16.5. The van der Waals surface area contributed by atoms with E-state index in [1.54, 1.807) is 0 Å². The van der Waals surface area contributed by atoms with E-state index < -0.39 is 11.9 Å². The molecule has 4 heteroatoms. The highest BCUT2D eigenvalue weighted by molar-refractivity contribution is 5.91. The average molecular weight is 453 g/mol. The van der Waals surface area contributed by atoms with Gasteiger partial charge < -0.3 is 9.47 Å². The third-order valence-electron chi connectivity index (χ3n) is 6.11. The maximum Gasteiger partial charge on any atom is 0.331 e. The Balaban J connectivity index is 3.43. The van der Waals surface area contributed by atoms with Crippen molar-refractivity contribution in [1.82, 2.24) is 0 Å². The molecule has 0 aromatic rings. The summed E-state index contributed by atoms with van der Waals surface area (Å²) in [5.74, 6) is -0.988. The molecular formula is C28H52O4. The molecular weight excluding hydrogens is 400 g/mol. The summed E-state index contributed by atoms with van der Waals surface area (Å²) in [4.78, 5) is 23.4. The van der Waals surface area contributed by atoms with Crippen LogP contribution in [0.15, 0.2) is 12.2 Å². The lowest BCUT2D eigenvalue weighted by molar-refractivity contribution is -0.147. The number of esters is 2. The second-order valence-electron chi connectivity index (χ2n) is 10.2. The van der Waals surface area contributed by atoms with Gasteiger partial charge in [-0.2, -0.15) is 0 Å². The van der Waals surface area contributed by atoms with Crippen LogP contribution in [0.1, 0.15) is 137 Å². The van der Waals surface area contributed by atoms with Crippen LogP contribution in [0.3, 0.4) is 0 Å². The van der Waals surface area contributed by atoms with Gasteiger partial charge in [-0.25, -0.2) is 9.59 Å². The third-order valence-corrected chi connectivity index (χ3v) is 6.11. The van der Waals surface area contributed by atoms with Crippen LogP contribution in [0, 0.1) is 5.41 Å². The molecule has 4 nitrogen and oxygen atoms in total. The summed E-state index contributed by atoms with van der Waals surface area (Å²) in [6.45, 7) is 10.5. The molecule has 0 aliphatic rings. The number of rotatable bonds is 20. The second kappa shape index (κ2) is 20.3.